The van der Waals surface area contributed by atoms with Crippen LogP contribution in [0.2, 0.25) is 6.04 Å². The maximum Gasteiger partial charge on any atom is 0.504 e. The van der Waals surface area contributed by atoms with Crippen LogP contribution in [0.4, 0.5) is 0 Å². The molecule has 0 aromatic carbocycles. The summed E-state index contributed by atoms with van der Waals surface area (Å²) in [7, 11) is 1.50. The van der Waals surface area contributed by atoms with Crippen LogP contribution in [0.5, 0.6) is 0 Å². The van der Waals surface area contributed by atoms with Gasteiger partial charge in [-0.05, 0) is 27.0 Å². The Hall–Kier alpha value is -0.363. The quantitative estimate of drug-likeness (QED) is 0.584. The molecule has 5 heteroatoms. The third kappa shape index (κ3) is 6.27. The maximum absolute atomic E-state index is 5.72. The first-order chi connectivity index (χ1) is 7.60. The Bertz CT molecular complexity index is 181. The monoisotopic (exact) mass is 247 g/mol. The molecular weight excluding hydrogens is 222 g/mol. The first-order valence-electron chi connectivity index (χ1n) is 5.85. The molecule has 0 rings (SSSR count). The average molecular weight is 247 g/mol. The van der Waals surface area contributed by atoms with Gasteiger partial charge in [-0.3, -0.25) is 0 Å². The van der Waals surface area contributed by atoms with Crippen LogP contribution in [-0.4, -0.2) is 47.6 Å². The van der Waals surface area contributed by atoms with Crippen LogP contribution < -0.4 is 0 Å². The fourth-order valence-electron chi connectivity index (χ4n) is 1.37. The van der Waals surface area contributed by atoms with Gasteiger partial charge in [0.25, 0.3) is 0 Å². The van der Waals surface area contributed by atoms with E-state index in [1.165, 1.54) is 0 Å². The van der Waals surface area contributed by atoms with Gasteiger partial charge in [-0.15, -0.1) is 0 Å². The lowest BCUT2D eigenvalue weighted by atomic mass is 10.6. The third-order valence-electron chi connectivity index (χ3n) is 1.86. The van der Waals surface area contributed by atoms with E-state index in [0.717, 1.165) is 6.04 Å². The second-order valence-corrected chi connectivity index (χ2v) is 6.17. The van der Waals surface area contributed by atoms with E-state index in [9.17, 15) is 0 Å². The van der Waals surface area contributed by atoms with E-state index in [1.54, 1.807) is 0 Å². The minimum atomic E-state index is -2.48. The van der Waals surface area contributed by atoms with Gasteiger partial charge in [0.1, 0.15) is 0 Å². The minimum absolute atomic E-state index is 0.627. The van der Waals surface area contributed by atoms with Crippen molar-refractivity contribution in [1.29, 1.82) is 0 Å². The predicted octanol–water partition coefficient (Wildman–Crippen LogP) is 2.11. The minimum Gasteiger partial charge on any atom is -0.384 e. The summed E-state index contributed by atoms with van der Waals surface area (Å²) in [5, 5.41) is 0. The van der Waals surface area contributed by atoms with Crippen molar-refractivity contribution in [2.75, 3.05) is 33.9 Å². The van der Waals surface area contributed by atoms with Gasteiger partial charge in [0.15, 0.2) is 0 Å². The van der Waals surface area contributed by atoms with Crippen molar-refractivity contribution < 1.29 is 13.3 Å². The van der Waals surface area contributed by atoms with Crippen LogP contribution >= 0.6 is 0 Å². The van der Waals surface area contributed by atoms with Gasteiger partial charge in [0, 0.05) is 40.0 Å². The van der Waals surface area contributed by atoms with Crippen molar-refractivity contribution in [3.05, 3.63) is 12.3 Å². The molecule has 96 valence electrons. The number of rotatable bonds is 9. The average Bonchev–Trinajstić information content (AvgIpc) is 2.18. The van der Waals surface area contributed by atoms with E-state index >= 15 is 0 Å². The number of allylic oxidation sites excluding steroid dienone is 1. The molecule has 0 atom stereocenters. The second kappa shape index (κ2) is 8.75. The number of hydrogen-bond donors (Lipinski definition) is 0. The molecule has 0 N–H and O–H groups in total. The van der Waals surface area contributed by atoms with Gasteiger partial charge < -0.3 is 18.2 Å². The fraction of sp³-hybridized carbons (Fsp3) is 0.818. The normalized spacial score (nSPS) is 12.3. The Kier molecular flexibility index (Phi) is 8.55. The standard InChI is InChI=1S/C11H25NO3Si/c1-6-13-16(14-7-2,15-8-3)11-9-10-12(4)5/h9-10H,6-8,11H2,1-5H3/b10-9+. The van der Waals surface area contributed by atoms with Crippen LogP contribution in [0.25, 0.3) is 0 Å². The van der Waals surface area contributed by atoms with Crippen LogP contribution in [0, 0.1) is 0 Å². The molecule has 0 aromatic rings. The zero-order valence-electron chi connectivity index (χ0n) is 11.2. The zero-order valence-corrected chi connectivity index (χ0v) is 12.2. The summed E-state index contributed by atoms with van der Waals surface area (Å²) >= 11 is 0. The highest BCUT2D eigenvalue weighted by Gasteiger charge is 2.38. The molecule has 0 heterocycles. The fourth-order valence-corrected chi connectivity index (χ4v) is 3.69. The molecule has 4 nitrogen and oxygen atoms in total. The Morgan fingerprint density at radius 3 is 1.69 bits per heavy atom. The van der Waals surface area contributed by atoms with Crippen LogP contribution in [0.3, 0.4) is 0 Å². The Morgan fingerprint density at radius 1 is 0.938 bits per heavy atom. The van der Waals surface area contributed by atoms with E-state index in [0.29, 0.717) is 19.8 Å². The summed E-state index contributed by atoms with van der Waals surface area (Å²) in [4.78, 5) is 1.99. The molecule has 0 saturated heterocycles. The van der Waals surface area contributed by atoms with E-state index in [-0.39, 0.29) is 0 Å². The lowest BCUT2D eigenvalue weighted by Crippen LogP contribution is -2.45. The molecule has 0 aliphatic carbocycles. The lowest BCUT2D eigenvalue weighted by Gasteiger charge is -2.27. The van der Waals surface area contributed by atoms with Crippen LogP contribution in [-0.2, 0) is 13.3 Å². The van der Waals surface area contributed by atoms with Crippen molar-refractivity contribution in [3.8, 4) is 0 Å². The summed E-state index contributed by atoms with van der Waals surface area (Å²) in [6.07, 6.45) is 4.05. The van der Waals surface area contributed by atoms with Crippen molar-refractivity contribution in [2.45, 2.75) is 26.8 Å². The molecule has 16 heavy (non-hydrogen) atoms. The smallest absolute Gasteiger partial charge is 0.384 e. The Morgan fingerprint density at radius 2 is 1.38 bits per heavy atom. The van der Waals surface area contributed by atoms with Gasteiger partial charge in [0.05, 0.1) is 0 Å². The number of hydrogen-bond acceptors (Lipinski definition) is 4. The van der Waals surface area contributed by atoms with E-state index in [4.69, 9.17) is 13.3 Å². The summed E-state index contributed by atoms with van der Waals surface area (Å²) in [6, 6.07) is 0.723. The second-order valence-electron chi connectivity index (χ2n) is 3.53. The van der Waals surface area contributed by atoms with Crippen LogP contribution in [0.15, 0.2) is 12.3 Å². The molecular formula is C11H25NO3Si. The lowest BCUT2D eigenvalue weighted by molar-refractivity contribution is 0.0742. The van der Waals surface area contributed by atoms with Gasteiger partial charge in [0.2, 0.25) is 0 Å². The third-order valence-corrected chi connectivity index (χ3v) is 4.79. The predicted molar refractivity (Wildman–Crippen MR) is 68.3 cm³/mol. The van der Waals surface area contributed by atoms with Gasteiger partial charge >= 0.3 is 8.80 Å². The van der Waals surface area contributed by atoms with Gasteiger partial charge in [-0.2, -0.15) is 0 Å². The van der Waals surface area contributed by atoms with Crippen molar-refractivity contribution in [3.63, 3.8) is 0 Å². The molecule has 0 saturated carbocycles. The topological polar surface area (TPSA) is 30.9 Å². The maximum atomic E-state index is 5.72. The van der Waals surface area contributed by atoms with E-state index < -0.39 is 8.80 Å². The van der Waals surface area contributed by atoms with Gasteiger partial charge in [-0.1, -0.05) is 6.08 Å². The van der Waals surface area contributed by atoms with Crippen molar-refractivity contribution in [2.24, 2.45) is 0 Å². The molecule has 0 aliphatic heterocycles. The summed E-state index contributed by atoms with van der Waals surface area (Å²) in [5.41, 5.74) is 0. The first-order valence-corrected chi connectivity index (χ1v) is 7.78. The molecule has 0 fully saturated rings. The molecule has 0 spiro atoms. The van der Waals surface area contributed by atoms with Crippen LogP contribution in [0.1, 0.15) is 20.8 Å². The summed E-state index contributed by atoms with van der Waals surface area (Å²) in [6.45, 7) is 7.78. The van der Waals surface area contributed by atoms with E-state index in [2.05, 4.69) is 0 Å². The Balaban J connectivity index is 4.46. The Labute approximate surface area is 101 Å². The summed E-state index contributed by atoms with van der Waals surface area (Å²) < 4.78 is 17.2. The van der Waals surface area contributed by atoms with Crippen molar-refractivity contribution in [1.82, 2.24) is 4.90 Å². The molecule has 0 bridgehead atoms. The largest absolute Gasteiger partial charge is 0.504 e. The number of nitrogens with zero attached hydrogens (tertiary/aromatic N) is 1. The highest BCUT2D eigenvalue weighted by Crippen LogP contribution is 2.16. The summed E-state index contributed by atoms with van der Waals surface area (Å²) in [5.74, 6) is 0. The zero-order chi connectivity index (χ0) is 12.4. The van der Waals surface area contributed by atoms with Gasteiger partial charge in [-0.25, -0.2) is 0 Å². The van der Waals surface area contributed by atoms with E-state index in [1.807, 2.05) is 52.0 Å². The first kappa shape index (κ1) is 15.6. The molecule has 0 unspecified atom stereocenters. The SMILES string of the molecule is CCO[Si](C/C=C/N(C)C)(OCC)OCC. The molecule has 0 aliphatic rings. The molecule has 0 radical (unpaired) electrons. The highest BCUT2D eigenvalue weighted by molar-refractivity contribution is 6.61. The van der Waals surface area contributed by atoms with Crippen molar-refractivity contribution >= 4 is 8.80 Å². The molecule has 0 amide bonds. The highest BCUT2D eigenvalue weighted by atomic mass is 28.4. The molecule has 0 aromatic heterocycles.